The highest BCUT2D eigenvalue weighted by Gasteiger charge is 2.71. The van der Waals surface area contributed by atoms with Gasteiger partial charge < -0.3 is 16.2 Å². The maximum atomic E-state index is 13.2. The summed E-state index contributed by atoms with van der Waals surface area (Å²) in [6, 6.07) is 7.45. The van der Waals surface area contributed by atoms with Gasteiger partial charge in [-0.05, 0) is 35.4 Å². The fourth-order valence-corrected chi connectivity index (χ4v) is 3.92. The molecule has 1 amide bonds. The molecule has 0 atom stereocenters. The standard InChI is InChI=1S/C20H20F6N2O4S/c1-2-33(31,32)15-6-3-12(4-7-15)9-17(29)28-14-5-8-16(13(10-14)11-27)18(30,19(21,22)23)20(24,25)26/h3-8,10,30H,2,9,11,27H2,1H3,(H,28,29). The van der Waals surface area contributed by atoms with Gasteiger partial charge in [-0.2, -0.15) is 26.3 Å². The lowest BCUT2D eigenvalue weighted by molar-refractivity contribution is -0.376. The molecule has 0 aromatic heterocycles. The molecule has 0 heterocycles. The number of rotatable bonds is 7. The second-order valence-corrected chi connectivity index (χ2v) is 9.33. The van der Waals surface area contributed by atoms with Gasteiger partial charge in [0.05, 0.1) is 17.1 Å². The van der Waals surface area contributed by atoms with Crippen molar-refractivity contribution < 1.29 is 44.7 Å². The molecule has 33 heavy (non-hydrogen) atoms. The molecular formula is C20H20F6N2O4S. The van der Waals surface area contributed by atoms with Crippen LogP contribution < -0.4 is 11.1 Å². The number of nitrogens with one attached hydrogen (secondary N) is 1. The molecule has 2 aromatic carbocycles. The van der Waals surface area contributed by atoms with E-state index in [0.717, 1.165) is 12.1 Å². The Morgan fingerprint density at radius 2 is 1.55 bits per heavy atom. The fraction of sp³-hybridized carbons (Fsp3) is 0.350. The van der Waals surface area contributed by atoms with Crippen molar-refractivity contribution in [2.45, 2.75) is 42.7 Å². The summed E-state index contributed by atoms with van der Waals surface area (Å²) in [7, 11) is -3.43. The Bertz CT molecular complexity index is 1100. The molecule has 0 aliphatic carbocycles. The molecule has 13 heteroatoms. The maximum Gasteiger partial charge on any atom is 0.430 e. The minimum absolute atomic E-state index is 0.0687. The minimum Gasteiger partial charge on any atom is -0.369 e. The van der Waals surface area contributed by atoms with Crippen molar-refractivity contribution >= 4 is 21.4 Å². The summed E-state index contributed by atoms with van der Waals surface area (Å²) in [5.74, 6) is -0.775. The Morgan fingerprint density at radius 1 is 1.00 bits per heavy atom. The number of hydrogen-bond donors (Lipinski definition) is 3. The average molecular weight is 498 g/mol. The van der Waals surface area contributed by atoms with Gasteiger partial charge in [-0.25, -0.2) is 8.42 Å². The average Bonchev–Trinajstić information content (AvgIpc) is 2.71. The molecule has 0 aliphatic heterocycles. The van der Waals surface area contributed by atoms with Gasteiger partial charge >= 0.3 is 12.4 Å². The molecule has 0 saturated heterocycles. The monoisotopic (exact) mass is 498 g/mol. The summed E-state index contributed by atoms with van der Waals surface area (Å²) in [6.07, 6.45) is -12.4. The summed E-state index contributed by atoms with van der Waals surface area (Å²) in [5.41, 5.74) is -1.71. The van der Waals surface area contributed by atoms with Crippen LogP contribution in [0.4, 0.5) is 32.0 Å². The van der Waals surface area contributed by atoms with Gasteiger partial charge in [0.1, 0.15) is 0 Å². The van der Waals surface area contributed by atoms with Crippen LogP contribution in [0.5, 0.6) is 0 Å². The van der Waals surface area contributed by atoms with Gasteiger partial charge in [-0.3, -0.25) is 4.79 Å². The summed E-state index contributed by atoms with van der Waals surface area (Å²) in [6.45, 7) is 0.697. The van der Waals surface area contributed by atoms with Crippen LogP contribution in [0.2, 0.25) is 0 Å². The van der Waals surface area contributed by atoms with Crippen LogP contribution in [-0.4, -0.2) is 37.5 Å². The van der Waals surface area contributed by atoms with Gasteiger partial charge in [-0.1, -0.05) is 25.1 Å². The molecule has 0 spiro atoms. The molecule has 0 unspecified atom stereocenters. The third kappa shape index (κ3) is 5.47. The van der Waals surface area contributed by atoms with Crippen LogP contribution in [0.3, 0.4) is 0 Å². The van der Waals surface area contributed by atoms with Crippen molar-refractivity contribution in [1.82, 2.24) is 0 Å². The van der Waals surface area contributed by atoms with Crippen molar-refractivity contribution in [2.75, 3.05) is 11.1 Å². The minimum atomic E-state index is -6.07. The van der Waals surface area contributed by atoms with Crippen molar-refractivity contribution in [3.05, 3.63) is 59.2 Å². The second-order valence-electron chi connectivity index (χ2n) is 7.05. The zero-order chi connectivity index (χ0) is 25.2. The molecule has 2 rings (SSSR count). The molecule has 0 radical (unpaired) electrons. The highest BCUT2D eigenvalue weighted by Crippen LogP contribution is 2.51. The van der Waals surface area contributed by atoms with Crippen LogP contribution >= 0.6 is 0 Å². The Morgan fingerprint density at radius 3 is 2.00 bits per heavy atom. The predicted molar refractivity (Wildman–Crippen MR) is 107 cm³/mol. The van der Waals surface area contributed by atoms with Crippen molar-refractivity contribution in [3.63, 3.8) is 0 Å². The Hall–Kier alpha value is -2.64. The molecule has 0 fully saturated rings. The third-order valence-corrected chi connectivity index (χ3v) is 6.60. The number of amides is 1. The van der Waals surface area contributed by atoms with Gasteiger partial charge in [0, 0.05) is 17.8 Å². The van der Waals surface area contributed by atoms with E-state index in [1.807, 2.05) is 0 Å². The Kier molecular flexibility index (Phi) is 7.51. The molecule has 0 saturated carbocycles. The lowest BCUT2D eigenvalue weighted by Gasteiger charge is -2.34. The Labute approximate surface area is 185 Å². The zero-order valence-corrected chi connectivity index (χ0v) is 17.9. The largest absolute Gasteiger partial charge is 0.430 e. The van der Waals surface area contributed by atoms with E-state index in [9.17, 15) is 44.7 Å². The van der Waals surface area contributed by atoms with Crippen LogP contribution in [0, 0.1) is 0 Å². The van der Waals surface area contributed by atoms with Crippen molar-refractivity contribution in [1.29, 1.82) is 0 Å². The molecule has 6 nitrogen and oxygen atoms in total. The van der Waals surface area contributed by atoms with Gasteiger partial charge in [0.15, 0.2) is 9.84 Å². The van der Waals surface area contributed by atoms with E-state index in [1.165, 1.54) is 31.2 Å². The van der Waals surface area contributed by atoms with E-state index < -0.39 is 51.4 Å². The first-order valence-corrected chi connectivity index (χ1v) is 11.0. The topological polar surface area (TPSA) is 109 Å². The van der Waals surface area contributed by atoms with E-state index in [2.05, 4.69) is 5.32 Å². The predicted octanol–water partition coefficient (Wildman–Crippen LogP) is 3.43. The second kappa shape index (κ2) is 9.31. The number of sulfone groups is 1. The first-order valence-electron chi connectivity index (χ1n) is 9.37. The third-order valence-electron chi connectivity index (χ3n) is 4.85. The molecule has 182 valence electrons. The summed E-state index contributed by atoms with van der Waals surface area (Å²) in [4.78, 5) is 12.3. The van der Waals surface area contributed by atoms with E-state index in [1.54, 1.807) is 0 Å². The SMILES string of the molecule is CCS(=O)(=O)c1ccc(CC(=O)Nc2ccc(C(O)(C(F)(F)F)C(F)(F)F)c(CN)c2)cc1. The first-order chi connectivity index (χ1) is 15.1. The number of hydrogen-bond acceptors (Lipinski definition) is 5. The quantitative estimate of drug-likeness (QED) is 0.507. The Balaban J connectivity index is 2.27. The summed E-state index contributed by atoms with van der Waals surface area (Å²) >= 11 is 0. The van der Waals surface area contributed by atoms with Gasteiger partial charge in [0.25, 0.3) is 5.60 Å². The number of carbonyl (C=O) groups is 1. The van der Waals surface area contributed by atoms with Gasteiger partial charge in [-0.15, -0.1) is 0 Å². The molecule has 4 N–H and O–H groups in total. The lowest BCUT2D eigenvalue weighted by atomic mass is 9.88. The van der Waals surface area contributed by atoms with E-state index >= 15 is 0 Å². The smallest absolute Gasteiger partial charge is 0.369 e. The number of nitrogens with two attached hydrogens (primary N) is 1. The number of alkyl halides is 6. The number of halogens is 6. The summed E-state index contributed by atoms with van der Waals surface area (Å²) < 4.78 is 103. The fourth-order valence-electron chi connectivity index (χ4n) is 3.03. The maximum absolute atomic E-state index is 13.2. The highest BCUT2D eigenvalue weighted by molar-refractivity contribution is 7.91. The van der Waals surface area contributed by atoms with Crippen molar-refractivity contribution in [3.8, 4) is 0 Å². The van der Waals surface area contributed by atoms with Crippen LogP contribution in [0.1, 0.15) is 23.6 Å². The van der Waals surface area contributed by atoms with E-state index in [4.69, 9.17) is 5.73 Å². The van der Waals surface area contributed by atoms with Crippen LogP contribution in [0.25, 0.3) is 0 Å². The van der Waals surface area contributed by atoms with Crippen LogP contribution in [-0.2, 0) is 33.2 Å². The molecule has 0 bridgehead atoms. The number of benzene rings is 2. The van der Waals surface area contributed by atoms with Gasteiger partial charge in [0.2, 0.25) is 5.91 Å². The normalized spacial score (nSPS) is 13.1. The lowest BCUT2D eigenvalue weighted by Crippen LogP contribution is -2.54. The summed E-state index contributed by atoms with van der Waals surface area (Å²) in [5, 5.41) is 11.9. The zero-order valence-electron chi connectivity index (χ0n) is 17.1. The van der Waals surface area contributed by atoms with Crippen molar-refractivity contribution in [2.24, 2.45) is 5.73 Å². The highest BCUT2D eigenvalue weighted by atomic mass is 32.2. The molecule has 2 aromatic rings. The van der Waals surface area contributed by atoms with E-state index in [0.29, 0.717) is 11.6 Å². The number of aliphatic hydroxyl groups is 1. The molecule has 0 aliphatic rings. The number of carbonyl (C=O) groups excluding carboxylic acids is 1. The molecular weight excluding hydrogens is 478 g/mol. The van der Waals surface area contributed by atoms with Crippen LogP contribution in [0.15, 0.2) is 47.4 Å². The van der Waals surface area contributed by atoms with E-state index in [-0.39, 0.29) is 22.8 Å². The first kappa shape index (κ1) is 26.6. The number of anilines is 1.